The first-order valence-electron chi connectivity index (χ1n) is 9.55. The molecular weight excluding hydrogens is 369 g/mol. The molecule has 0 aliphatic rings. The summed E-state index contributed by atoms with van der Waals surface area (Å²) in [5, 5.41) is 5.96. The topological polar surface area (TPSA) is 70.2 Å². The lowest BCUT2D eigenvalue weighted by Crippen LogP contribution is -2.24. The Hall–Kier alpha value is -3.48. The Balaban J connectivity index is 1.62. The number of carbonyl (C=O) groups is 1. The molecule has 2 aromatic carbocycles. The van der Waals surface area contributed by atoms with Crippen LogP contribution in [-0.4, -0.2) is 29.0 Å². The molecule has 0 saturated carbocycles. The van der Waals surface area contributed by atoms with Gasteiger partial charge in [-0.05, 0) is 55.8 Å². The number of hydrogen-bond acceptors (Lipinski definition) is 5. The Labute approximate surface area is 169 Å². The highest BCUT2D eigenvalue weighted by Crippen LogP contribution is 2.20. The number of benzene rings is 2. The molecule has 0 spiro atoms. The molecular formula is C22H24FN5O. The quantitative estimate of drug-likeness (QED) is 0.602. The molecule has 0 aliphatic heterocycles. The van der Waals surface area contributed by atoms with E-state index >= 15 is 0 Å². The van der Waals surface area contributed by atoms with Crippen LogP contribution in [0, 0.1) is 5.82 Å². The van der Waals surface area contributed by atoms with Crippen molar-refractivity contribution in [3.05, 3.63) is 78.0 Å². The van der Waals surface area contributed by atoms with Crippen LogP contribution in [0.1, 0.15) is 29.9 Å². The summed E-state index contributed by atoms with van der Waals surface area (Å²) >= 11 is 0. The summed E-state index contributed by atoms with van der Waals surface area (Å²) in [6, 6.07) is 15.6. The van der Waals surface area contributed by atoms with E-state index in [1.807, 2.05) is 24.3 Å². The number of aromatic nitrogens is 2. The maximum Gasteiger partial charge on any atom is 0.270 e. The first-order chi connectivity index (χ1) is 14.1. The Morgan fingerprint density at radius 2 is 1.69 bits per heavy atom. The molecule has 0 atom stereocenters. The molecule has 0 radical (unpaired) electrons. The van der Waals surface area contributed by atoms with Gasteiger partial charge in [-0.1, -0.05) is 12.1 Å². The van der Waals surface area contributed by atoms with E-state index in [1.165, 1.54) is 18.5 Å². The summed E-state index contributed by atoms with van der Waals surface area (Å²) in [6.45, 7) is 6.44. The lowest BCUT2D eigenvalue weighted by atomic mass is 10.2. The Bertz CT molecular complexity index is 940. The Kier molecular flexibility index (Phi) is 6.73. The molecule has 2 N–H and O–H groups in total. The van der Waals surface area contributed by atoms with Gasteiger partial charge in [0.1, 0.15) is 23.7 Å². The molecule has 0 fully saturated rings. The van der Waals surface area contributed by atoms with Gasteiger partial charge in [0.25, 0.3) is 5.91 Å². The van der Waals surface area contributed by atoms with Gasteiger partial charge >= 0.3 is 0 Å². The van der Waals surface area contributed by atoms with Crippen LogP contribution in [0.25, 0.3) is 0 Å². The SMILES string of the molecule is CCN(CC)c1ccc(Nc2cc(C(=O)NCc3ccc(F)cc3)ncn2)cc1. The van der Waals surface area contributed by atoms with Crippen LogP contribution in [0.2, 0.25) is 0 Å². The summed E-state index contributed by atoms with van der Waals surface area (Å²) in [7, 11) is 0. The van der Waals surface area contributed by atoms with Gasteiger partial charge < -0.3 is 15.5 Å². The van der Waals surface area contributed by atoms with Crippen molar-refractivity contribution in [3.63, 3.8) is 0 Å². The third-order valence-electron chi connectivity index (χ3n) is 4.53. The molecule has 1 heterocycles. The van der Waals surface area contributed by atoms with Crippen LogP contribution >= 0.6 is 0 Å². The zero-order valence-electron chi connectivity index (χ0n) is 16.5. The van der Waals surface area contributed by atoms with Crippen molar-refractivity contribution < 1.29 is 9.18 Å². The minimum Gasteiger partial charge on any atom is -0.372 e. The number of carbonyl (C=O) groups excluding carboxylic acids is 1. The number of nitrogens with one attached hydrogen (secondary N) is 2. The minimum absolute atomic E-state index is 0.254. The third kappa shape index (κ3) is 5.51. The number of hydrogen-bond donors (Lipinski definition) is 2. The van der Waals surface area contributed by atoms with Gasteiger partial charge in [0.05, 0.1) is 0 Å². The second kappa shape index (κ2) is 9.64. The van der Waals surface area contributed by atoms with E-state index in [0.717, 1.165) is 30.0 Å². The van der Waals surface area contributed by atoms with Crippen molar-refractivity contribution in [2.75, 3.05) is 23.3 Å². The lowest BCUT2D eigenvalue weighted by molar-refractivity contribution is 0.0946. The molecule has 3 rings (SSSR count). The van der Waals surface area contributed by atoms with Crippen molar-refractivity contribution in [1.29, 1.82) is 0 Å². The van der Waals surface area contributed by atoms with E-state index in [4.69, 9.17) is 0 Å². The molecule has 0 saturated heterocycles. The van der Waals surface area contributed by atoms with E-state index in [9.17, 15) is 9.18 Å². The zero-order valence-corrected chi connectivity index (χ0v) is 16.5. The lowest BCUT2D eigenvalue weighted by Gasteiger charge is -2.21. The third-order valence-corrected chi connectivity index (χ3v) is 4.53. The Morgan fingerprint density at radius 1 is 1.00 bits per heavy atom. The van der Waals surface area contributed by atoms with Crippen LogP contribution in [0.3, 0.4) is 0 Å². The standard InChI is InChI=1S/C22H24FN5O/c1-3-28(4-2)19-11-9-18(10-12-19)27-21-13-20(25-15-26-21)22(29)24-14-16-5-7-17(23)8-6-16/h5-13,15H,3-4,14H2,1-2H3,(H,24,29)(H,25,26,27). The molecule has 3 aromatic rings. The smallest absolute Gasteiger partial charge is 0.270 e. The maximum absolute atomic E-state index is 13.0. The van der Waals surface area contributed by atoms with Crippen LogP contribution < -0.4 is 15.5 Å². The van der Waals surface area contributed by atoms with E-state index in [2.05, 4.69) is 39.3 Å². The molecule has 1 amide bonds. The molecule has 0 aliphatic carbocycles. The monoisotopic (exact) mass is 393 g/mol. The number of anilines is 3. The van der Waals surface area contributed by atoms with Gasteiger partial charge in [-0.25, -0.2) is 14.4 Å². The van der Waals surface area contributed by atoms with Gasteiger partial charge in [-0.15, -0.1) is 0 Å². The summed E-state index contributed by atoms with van der Waals surface area (Å²) in [6.07, 6.45) is 1.35. The normalized spacial score (nSPS) is 10.4. The molecule has 0 bridgehead atoms. The Morgan fingerprint density at radius 3 is 2.34 bits per heavy atom. The zero-order chi connectivity index (χ0) is 20.6. The first kappa shape index (κ1) is 20.3. The maximum atomic E-state index is 13.0. The predicted molar refractivity (Wildman–Crippen MR) is 113 cm³/mol. The highest BCUT2D eigenvalue weighted by atomic mass is 19.1. The van der Waals surface area contributed by atoms with Crippen LogP contribution in [-0.2, 0) is 6.54 Å². The predicted octanol–water partition coefficient (Wildman–Crippen LogP) is 4.14. The van der Waals surface area contributed by atoms with Gasteiger partial charge in [0.15, 0.2) is 0 Å². The van der Waals surface area contributed by atoms with Gasteiger partial charge in [-0.2, -0.15) is 0 Å². The van der Waals surface area contributed by atoms with Gasteiger partial charge in [0, 0.05) is 37.1 Å². The fourth-order valence-electron chi connectivity index (χ4n) is 2.92. The summed E-state index contributed by atoms with van der Waals surface area (Å²) in [5.74, 6) is -0.101. The second-order valence-corrected chi connectivity index (χ2v) is 6.44. The minimum atomic E-state index is -0.323. The van der Waals surface area contributed by atoms with Crippen molar-refractivity contribution in [1.82, 2.24) is 15.3 Å². The molecule has 1 aromatic heterocycles. The van der Waals surface area contributed by atoms with E-state index in [1.54, 1.807) is 18.2 Å². The number of nitrogens with zero attached hydrogens (tertiary/aromatic N) is 3. The molecule has 150 valence electrons. The van der Waals surface area contributed by atoms with E-state index in [0.29, 0.717) is 12.4 Å². The van der Waals surface area contributed by atoms with Gasteiger partial charge in [0.2, 0.25) is 0 Å². The number of rotatable bonds is 8. The summed E-state index contributed by atoms with van der Waals surface area (Å²) in [5.41, 5.74) is 3.09. The van der Waals surface area contributed by atoms with Crippen LogP contribution in [0.15, 0.2) is 60.9 Å². The molecule has 0 unspecified atom stereocenters. The average Bonchev–Trinajstić information content (AvgIpc) is 2.75. The van der Waals surface area contributed by atoms with Crippen molar-refractivity contribution >= 4 is 23.1 Å². The fourth-order valence-corrected chi connectivity index (χ4v) is 2.92. The highest BCUT2D eigenvalue weighted by molar-refractivity contribution is 5.92. The van der Waals surface area contributed by atoms with E-state index < -0.39 is 0 Å². The number of halogens is 1. The summed E-state index contributed by atoms with van der Waals surface area (Å²) in [4.78, 5) is 22.8. The van der Waals surface area contributed by atoms with E-state index in [-0.39, 0.29) is 17.4 Å². The largest absolute Gasteiger partial charge is 0.372 e. The van der Waals surface area contributed by atoms with Crippen LogP contribution in [0.5, 0.6) is 0 Å². The van der Waals surface area contributed by atoms with Crippen molar-refractivity contribution in [3.8, 4) is 0 Å². The van der Waals surface area contributed by atoms with Crippen molar-refractivity contribution in [2.24, 2.45) is 0 Å². The average molecular weight is 393 g/mol. The molecule has 29 heavy (non-hydrogen) atoms. The fraction of sp³-hybridized carbons (Fsp3) is 0.227. The molecule has 6 nitrogen and oxygen atoms in total. The highest BCUT2D eigenvalue weighted by Gasteiger charge is 2.09. The number of amides is 1. The van der Waals surface area contributed by atoms with Crippen LogP contribution in [0.4, 0.5) is 21.6 Å². The summed E-state index contributed by atoms with van der Waals surface area (Å²) < 4.78 is 13.0. The second-order valence-electron chi connectivity index (χ2n) is 6.44. The van der Waals surface area contributed by atoms with Gasteiger partial charge in [-0.3, -0.25) is 4.79 Å². The van der Waals surface area contributed by atoms with Crippen molar-refractivity contribution in [2.45, 2.75) is 20.4 Å². The molecule has 7 heteroatoms. The first-order valence-corrected chi connectivity index (χ1v) is 9.55.